The minimum atomic E-state index is -1.38. The maximum Gasteiger partial charge on any atom is 0.341 e. The molecule has 0 atom stereocenters. The van der Waals surface area contributed by atoms with Gasteiger partial charge in [-0.05, 0) is 43.3 Å². The van der Waals surface area contributed by atoms with Gasteiger partial charge in [0, 0.05) is 28.2 Å². The van der Waals surface area contributed by atoms with Gasteiger partial charge in [-0.1, -0.05) is 15.9 Å². The standard InChI is InChI=1S/C20H15BrFN3O4/c1-2-25-10-14(20(28)29)19(27)13-7-15(22)16(8-17(13)25)24-23-9-18(26)11-3-5-12(21)6-4-11/h3-10,24H,2H2,1H3,(H,28,29). The lowest BCUT2D eigenvalue weighted by Crippen LogP contribution is -2.19. The van der Waals surface area contributed by atoms with E-state index in [1.807, 2.05) is 0 Å². The van der Waals surface area contributed by atoms with E-state index >= 15 is 0 Å². The van der Waals surface area contributed by atoms with E-state index in [1.165, 1.54) is 16.8 Å². The molecule has 0 unspecified atom stereocenters. The van der Waals surface area contributed by atoms with Gasteiger partial charge in [0.15, 0.2) is 0 Å². The quantitative estimate of drug-likeness (QED) is 0.330. The maximum atomic E-state index is 14.4. The number of nitrogens with one attached hydrogen (secondary N) is 1. The highest BCUT2D eigenvalue weighted by Gasteiger charge is 2.16. The van der Waals surface area contributed by atoms with Gasteiger partial charge in [0.2, 0.25) is 11.2 Å². The van der Waals surface area contributed by atoms with Crippen molar-refractivity contribution in [1.82, 2.24) is 4.57 Å². The number of fused-ring (bicyclic) bond motifs is 1. The number of hydrazone groups is 1. The van der Waals surface area contributed by atoms with Crippen molar-refractivity contribution in [3.63, 3.8) is 0 Å². The fraction of sp³-hybridized carbons (Fsp3) is 0.100. The molecule has 148 valence electrons. The van der Waals surface area contributed by atoms with Gasteiger partial charge in [0.1, 0.15) is 11.4 Å². The lowest BCUT2D eigenvalue weighted by Gasteiger charge is -2.12. The molecule has 0 saturated heterocycles. The van der Waals surface area contributed by atoms with Crippen molar-refractivity contribution in [1.29, 1.82) is 0 Å². The molecule has 0 radical (unpaired) electrons. The topological polar surface area (TPSA) is 101 Å². The first-order valence-corrected chi connectivity index (χ1v) is 9.30. The van der Waals surface area contributed by atoms with E-state index < -0.39 is 22.8 Å². The second-order valence-electron chi connectivity index (χ2n) is 6.05. The van der Waals surface area contributed by atoms with Gasteiger partial charge >= 0.3 is 5.97 Å². The normalized spacial score (nSPS) is 11.1. The van der Waals surface area contributed by atoms with Crippen LogP contribution in [0, 0.1) is 5.82 Å². The number of carbonyl (C=O) groups is 2. The fourth-order valence-electron chi connectivity index (χ4n) is 2.76. The number of halogens is 2. The number of carboxylic acids is 1. The van der Waals surface area contributed by atoms with Crippen molar-refractivity contribution in [3.8, 4) is 0 Å². The zero-order valence-electron chi connectivity index (χ0n) is 15.1. The Morgan fingerprint density at radius 3 is 2.59 bits per heavy atom. The van der Waals surface area contributed by atoms with Crippen LogP contribution in [0.2, 0.25) is 0 Å². The highest BCUT2D eigenvalue weighted by Crippen LogP contribution is 2.22. The van der Waals surface area contributed by atoms with E-state index in [1.54, 1.807) is 31.2 Å². The number of nitrogens with zero attached hydrogens (tertiary/aromatic N) is 2. The number of ketones is 1. The van der Waals surface area contributed by atoms with Gasteiger partial charge in [-0.15, -0.1) is 0 Å². The van der Waals surface area contributed by atoms with E-state index in [0.29, 0.717) is 17.6 Å². The Kier molecular flexibility index (Phi) is 5.88. The van der Waals surface area contributed by atoms with Crippen LogP contribution in [0.3, 0.4) is 0 Å². The molecule has 0 bridgehead atoms. The van der Waals surface area contributed by atoms with Crippen LogP contribution in [-0.2, 0) is 6.54 Å². The van der Waals surface area contributed by atoms with E-state index in [2.05, 4.69) is 26.5 Å². The third-order valence-corrected chi connectivity index (χ3v) is 4.76. The summed E-state index contributed by atoms with van der Waals surface area (Å²) in [7, 11) is 0. The number of aromatic nitrogens is 1. The molecule has 0 aliphatic heterocycles. The lowest BCUT2D eigenvalue weighted by molar-refractivity contribution is 0.0694. The summed E-state index contributed by atoms with van der Waals surface area (Å²) in [5.41, 5.74) is 1.97. The summed E-state index contributed by atoms with van der Waals surface area (Å²) < 4.78 is 16.8. The highest BCUT2D eigenvalue weighted by atomic mass is 79.9. The second kappa shape index (κ2) is 8.36. The number of Topliss-reactive ketones (excluding diaryl/α,β-unsaturated/α-hetero) is 1. The number of carbonyl (C=O) groups excluding carboxylic acids is 1. The molecule has 3 rings (SSSR count). The summed E-state index contributed by atoms with van der Waals surface area (Å²) in [6.45, 7) is 2.13. The minimum Gasteiger partial charge on any atom is -0.477 e. The summed E-state index contributed by atoms with van der Waals surface area (Å²) in [6.07, 6.45) is 2.24. The Morgan fingerprint density at radius 1 is 1.28 bits per heavy atom. The summed E-state index contributed by atoms with van der Waals surface area (Å²) in [4.78, 5) is 35.7. The number of anilines is 1. The molecule has 0 amide bonds. The monoisotopic (exact) mass is 459 g/mol. The number of aromatic carboxylic acids is 1. The van der Waals surface area contributed by atoms with Crippen molar-refractivity contribution >= 4 is 50.5 Å². The number of benzene rings is 2. The fourth-order valence-corrected chi connectivity index (χ4v) is 3.02. The van der Waals surface area contributed by atoms with Gasteiger partial charge in [-0.25, -0.2) is 9.18 Å². The van der Waals surface area contributed by atoms with Crippen LogP contribution in [0.25, 0.3) is 10.9 Å². The zero-order chi connectivity index (χ0) is 21.1. The number of carboxylic acid groups (broad SMARTS) is 1. The van der Waals surface area contributed by atoms with Crippen LogP contribution in [-0.4, -0.2) is 27.6 Å². The first-order valence-electron chi connectivity index (χ1n) is 8.50. The second-order valence-corrected chi connectivity index (χ2v) is 6.97. The van der Waals surface area contributed by atoms with Gasteiger partial charge in [0.25, 0.3) is 0 Å². The predicted molar refractivity (Wildman–Crippen MR) is 111 cm³/mol. The number of hydrogen-bond acceptors (Lipinski definition) is 5. The lowest BCUT2D eigenvalue weighted by atomic mass is 10.1. The van der Waals surface area contributed by atoms with Crippen LogP contribution in [0.4, 0.5) is 10.1 Å². The molecular formula is C20H15BrFN3O4. The first kappa shape index (κ1) is 20.4. The number of pyridine rings is 1. The molecule has 0 fully saturated rings. The van der Waals surface area contributed by atoms with Gasteiger partial charge < -0.3 is 9.67 Å². The molecule has 2 N–H and O–H groups in total. The molecule has 1 aromatic heterocycles. The Labute approximate surface area is 172 Å². The van der Waals surface area contributed by atoms with Crippen LogP contribution in [0.15, 0.2) is 57.0 Å². The molecule has 0 saturated carbocycles. The summed E-state index contributed by atoms with van der Waals surface area (Å²) in [5.74, 6) is -2.55. The van der Waals surface area contributed by atoms with Gasteiger partial charge in [-0.3, -0.25) is 15.0 Å². The molecule has 2 aromatic carbocycles. The van der Waals surface area contributed by atoms with Crippen molar-refractivity contribution < 1.29 is 19.1 Å². The molecule has 0 aliphatic carbocycles. The molecule has 9 heteroatoms. The van der Waals surface area contributed by atoms with E-state index in [-0.39, 0.29) is 16.9 Å². The number of rotatable bonds is 6. The molecule has 3 aromatic rings. The highest BCUT2D eigenvalue weighted by molar-refractivity contribution is 9.10. The Morgan fingerprint density at radius 2 is 1.97 bits per heavy atom. The molecule has 0 aliphatic rings. The first-order chi connectivity index (χ1) is 13.8. The Balaban J connectivity index is 1.94. The number of aryl methyl sites for hydroxylation is 1. The SMILES string of the molecule is CCn1cc(C(=O)O)c(=O)c2cc(F)c(NN=CC(=O)c3ccc(Br)cc3)cc21. The Hall–Kier alpha value is -3.33. The van der Waals surface area contributed by atoms with E-state index in [4.69, 9.17) is 0 Å². The average Bonchev–Trinajstić information content (AvgIpc) is 2.69. The van der Waals surface area contributed by atoms with Crippen molar-refractivity contribution in [2.75, 3.05) is 5.43 Å². The third kappa shape index (κ3) is 4.24. The predicted octanol–water partition coefficient (Wildman–Crippen LogP) is 3.90. The largest absolute Gasteiger partial charge is 0.477 e. The summed E-state index contributed by atoms with van der Waals surface area (Å²) >= 11 is 3.28. The zero-order valence-corrected chi connectivity index (χ0v) is 16.7. The number of hydrogen-bond donors (Lipinski definition) is 2. The van der Waals surface area contributed by atoms with Crippen LogP contribution in [0.5, 0.6) is 0 Å². The van der Waals surface area contributed by atoms with E-state index in [9.17, 15) is 23.9 Å². The van der Waals surface area contributed by atoms with Crippen LogP contribution in [0.1, 0.15) is 27.6 Å². The summed E-state index contributed by atoms with van der Waals surface area (Å²) in [5, 5.41) is 12.9. The molecule has 0 spiro atoms. The molecule has 1 heterocycles. The van der Waals surface area contributed by atoms with Crippen LogP contribution < -0.4 is 10.9 Å². The smallest absolute Gasteiger partial charge is 0.341 e. The third-order valence-electron chi connectivity index (χ3n) is 4.24. The van der Waals surface area contributed by atoms with Crippen LogP contribution >= 0.6 is 15.9 Å². The average molecular weight is 460 g/mol. The van der Waals surface area contributed by atoms with Crippen molar-refractivity contribution in [2.24, 2.45) is 5.10 Å². The van der Waals surface area contributed by atoms with Crippen molar-refractivity contribution in [3.05, 3.63) is 74.2 Å². The van der Waals surface area contributed by atoms with Gasteiger partial charge in [-0.2, -0.15) is 5.10 Å². The van der Waals surface area contributed by atoms with Gasteiger partial charge in [0.05, 0.1) is 17.4 Å². The molecular weight excluding hydrogens is 445 g/mol. The molecule has 7 nitrogen and oxygen atoms in total. The molecule has 29 heavy (non-hydrogen) atoms. The maximum absolute atomic E-state index is 14.4. The minimum absolute atomic E-state index is 0.0512. The Bertz CT molecular complexity index is 1200. The van der Waals surface area contributed by atoms with E-state index in [0.717, 1.165) is 16.8 Å². The summed E-state index contributed by atoms with van der Waals surface area (Å²) in [6, 6.07) is 8.98. The van der Waals surface area contributed by atoms with Crippen molar-refractivity contribution in [2.45, 2.75) is 13.5 Å².